The first-order valence-electron chi connectivity index (χ1n) is 7.02. The van der Waals surface area contributed by atoms with Crippen molar-refractivity contribution in [2.24, 2.45) is 0 Å². The van der Waals surface area contributed by atoms with Crippen LogP contribution in [-0.4, -0.2) is 13.1 Å². The van der Waals surface area contributed by atoms with E-state index in [1.807, 2.05) is 19.9 Å². The normalized spacial score (nSPS) is 16.8. The van der Waals surface area contributed by atoms with Gasteiger partial charge in [-0.25, -0.2) is 0 Å². The molecule has 0 atom stereocenters. The molecular formula is C16H18ClNO2. The lowest BCUT2D eigenvalue weighted by molar-refractivity contribution is 0.392. The van der Waals surface area contributed by atoms with Crippen molar-refractivity contribution in [3.8, 4) is 0 Å². The molecule has 3 rings (SSSR count). The zero-order valence-corrected chi connectivity index (χ0v) is 12.5. The highest BCUT2D eigenvalue weighted by Gasteiger charge is 2.20. The first-order chi connectivity index (χ1) is 9.58. The molecule has 3 nitrogen and oxygen atoms in total. The topological polar surface area (TPSA) is 42.2 Å². The molecule has 106 valence electrons. The summed E-state index contributed by atoms with van der Waals surface area (Å²) in [5.41, 5.74) is 2.43. The molecule has 0 aliphatic carbocycles. The quantitative estimate of drug-likeness (QED) is 0.874. The largest absolute Gasteiger partial charge is 0.460 e. The molecule has 20 heavy (non-hydrogen) atoms. The van der Waals surface area contributed by atoms with Crippen LogP contribution in [0.3, 0.4) is 0 Å². The van der Waals surface area contributed by atoms with Crippen molar-refractivity contribution >= 4 is 22.6 Å². The monoisotopic (exact) mass is 291 g/mol. The minimum Gasteiger partial charge on any atom is -0.460 e. The molecule has 0 spiro atoms. The second kappa shape index (κ2) is 5.23. The Morgan fingerprint density at radius 2 is 1.95 bits per heavy atom. The number of fused-ring (bicyclic) bond motifs is 1. The van der Waals surface area contributed by atoms with Crippen molar-refractivity contribution in [3.05, 3.63) is 44.3 Å². The Kier molecular flexibility index (Phi) is 3.57. The van der Waals surface area contributed by atoms with E-state index in [2.05, 4.69) is 5.32 Å². The van der Waals surface area contributed by atoms with Crippen LogP contribution in [-0.2, 0) is 0 Å². The van der Waals surface area contributed by atoms with Gasteiger partial charge in [0.2, 0.25) is 0 Å². The molecule has 0 unspecified atom stereocenters. The number of hydrogen-bond donors (Lipinski definition) is 1. The molecule has 4 heteroatoms. The minimum absolute atomic E-state index is 0.0131. The standard InChI is InChI=1S/C16H18ClNO2/c1-9-7-14-15(10(2)16(9)17)12(19)8-13(20-14)11-3-5-18-6-4-11/h7-8,11,18H,3-6H2,1-2H3. The average molecular weight is 292 g/mol. The molecule has 0 radical (unpaired) electrons. The van der Waals surface area contributed by atoms with Crippen LogP contribution in [0.4, 0.5) is 0 Å². The molecule has 1 saturated heterocycles. The highest BCUT2D eigenvalue weighted by molar-refractivity contribution is 6.33. The summed E-state index contributed by atoms with van der Waals surface area (Å²) >= 11 is 6.23. The summed E-state index contributed by atoms with van der Waals surface area (Å²) in [4.78, 5) is 12.4. The highest BCUT2D eigenvalue weighted by Crippen LogP contribution is 2.31. The first-order valence-corrected chi connectivity index (χ1v) is 7.40. The van der Waals surface area contributed by atoms with E-state index < -0.39 is 0 Å². The van der Waals surface area contributed by atoms with Crippen LogP contribution >= 0.6 is 11.6 Å². The van der Waals surface area contributed by atoms with E-state index >= 15 is 0 Å². The lowest BCUT2D eigenvalue weighted by Gasteiger charge is -2.22. The van der Waals surface area contributed by atoms with Gasteiger partial charge in [0.05, 0.1) is 5.39 Å². The number of piperidine rings is 1. The molecule has 1 N–H and O–H groups in total. The van der Waals surface area contributed by atoms with Gasteiger partial charge in [-0.3, -0.25) is 4.79 Å². The first kappa shape index (κ1) is 13.7. The molecule has 1 fully saturated rings. The Bertz CT molecular complexity index is 714. The maximum absolute atomic E-state index is 12.4. The van der Waals surface area contributed by atoms with Gasteiger partial charge >= 0.3 is 0 Å². The number of benzene rings is 1. The van der Waals surface area contributed by atoms with Gasteiger partial charge in [-0.2, -0.15) is 0 Å². The number of nitrogens with one attached hydrogen (secondary N) is 1. The van der Waals surface area contributed by atoms with Crippen molar-refractivity contribution in [2.45, 2.75) is 32.6 Å². The molecule has 2 heterocycles. The highest BCUT2D eigenvalue weighted by atomic mass is 35.5. The molecule has 0 bridgehead atoms. The summed E-state index contributed by atoms with van der Waals surface area (Å²) in [6, 6.07) is 3.52. The SMILES string of the molecule is Cc1cc2oc(C3CCNCC3)cc(=O)c2c(C)c1Cl. The fourth-order valence-corrected chi connectivity index (χ4v) is 3.12. The predicted molar refractivity (Wildman–Crippen MR) is 81.8 cm³/mol. The van der Waals surface area contributed by atoms with E-state index in [4.69, 9.17) is 16.0 Å². The summed E-state index contributed by atoms with van der Waals surface area (Å²) in [5, 5.41) is 4.59. The van der Waals surface area contributed by atoms with Crippen LogP contribution in [0.5, 0.6) is 0 Å². The number of hydrogen-bond acceptors (Lipinski definition) is 3. The maximum Gasteiger partial charge on any atom is 0.193 e. The van der Waals surface area contributed by atoms with Gasteiger partial charge < -0.3 is 9.73 Å². The minimum atomic E-state index is 0.0131. The van der Waals surface area contributed by atoms with Gasteiger partial charge in [0.25, 0.3) is 0 Å². The fourth-order valence-electron chi connectivity index (χ4n) is 2.97. The third kappa shape index (κ3) is 2.25. The van der Waals surface area contributed by atoms with Crippen LogP contribution in [0.2, 0.25) is 5.02 Å². The second-order valence-electron chi connectivity index (χ2n) is 5.54. The molecule has 1 aromatic carbocycles. The summed E-state index contributed by atoms with van der Waals surface area (Å²) in [5.74, 6) is 1.15. The van der Waals surface area contributed by atoms with E-state index in [1.54, 1.807) is 6.07 Å². The lowest BCUT2D eigenvalue weighted by atomic mass is 9.94. The Hall–Kier alpha value is -1.32. The van der Waals surface area contributed by atoms with E-state index in [-0.39, 0.29) is 5.43 Å². The summed E-state index contributed by atoms with van der Waals surface area (Å²) < 4.78 is 6.01. The van der Waals surface area contributed by atoms with Crippen LogP contribution in [0.15, 0.2) is 21.3 Å². The Labute approximate surface area is 122 Å². The summed E-state index contributed by atoms with van der Waals surface area (Å²) in [7, 11) is 0. The van der Waals surface area contributed by atoms with Crippen molar-refractivity contribution in [1.29, 1.82) is 0 Å². The van der Waals surface area contributed by atoms with Crippen LogP contribution in [0.1, 0.15) is 35.6 Å². The number of rotatable bonds is 1. The van der Waals surface area contributed by atoms with Crippen molar-refractivity contribution in [2.75, 3.05) is 13.1 Å². The van der Waals surface area contributed by atoms with Crippen LogP contribution in [0, 0.1) is 13.8 Å². The van der Waals surface area contributed by atoms with Gasteiger partial charge in [-0.1, -0.05) is 11.6 Å². The third-order valence-corrected chi connectivity index (χ3v) is 4.72. The summed E-state index contributed by atoms with van der Waals surface area (Å²) in [6.07, 6.45) is 2.03. The Morgan fingerprint density at radius 1 is 1.25 bits per heavy atom. The zero-order chi connectivity index (χ0) is 14.3. The average Bonchev–Trinajstić information content (AvgIpc) is 2.45. The number of aryl methyl sites for hydroxylation is 2. The van der Waals surface area contributed by atoms with Gasteiger partial charge in [-0.05, 0) is 57.0 Å². The van der Waals surface area contributed by atoms with Crippen molar-refractivity contribution < 1.29 is 4.42 Å². The van der Waals surface area contributed by atoms with Gasteiger partial charge in [-0.15, -0.1) is 0 Å². The maximum atomic E-state index is 12.4. The molecule has 0 amide bonds. The van der Waals surface area contributed by atoms with E-state index in [9.17, 15) is 4.79 Å². The predicted octanol–water partition coefficient (Wildman–Crippen LogP) is 3.53. The van der Waals surface area contributed by atoms with Crippen LogP contribution < -0.4 is 10.7 Å². The molecule has 1 aromatic heterocycles. The van der Waals surface area contributed by atoms with Gasteiger partial charge in [0.15, 0.2) is 5.43 Å². The molecular weight excluding hydrogens is 274 g/mol. The van der Waals surface area contributed by atoms with Crippen LogP contribution in [0.25, 0.3) is 11.0 Å². The third-order valence-electron chi connectivity index (χ3n) is 4.13. The zero-order valence-electron chi connectivity index (χ0n) is 11.8. The van der Waals surface area contributed by atoms with Crippen molar-refractivity contribution in [3.63, 3.8) is 0 Å². The van der Waals surface area contributed by atoms with E-state index in [0.717, 1.165) is 42.8 Å². The molecule has 1 aliphatic rings. The summed E-state index contributed by atoms with van der Waals surface area (Å²) in [6.45, 7) is 5.76. The van der Waals surface area contributed by atoms with E-state index in [1.165, 1.54) is 0 Å². The Balaban J connectivity index is 2.19. The van der Waals surface area contributed by atoms with Gasteiger partial charge in [0, 0.05) is 17.0 Å². The lowest BCUT2D eigenvalue weighted by Crippen LogP contribution is -2.27. The molecule has 1 aliphatic heterocycles. The number of halogens is 1. The van der Waals surface area contributed by atoms with Crippen molar-refractivity contribution in [1.82, 2.24) is 5.32 Å². The molecule has 0 saturated carbocycles. The smallest absolute Gasteiger partial charge is 0.193 e. The van der Waals surface area contributed by atoms with E-state index in [0.29, 0.717) is 21.9 Å². The van der Waals surface area contributed by atoms with Gasteiger partial charge in [0.1, 0.15) is 11.3 Å². The second-order valence-corrected chi connectivity index (χ2v) is 5.92. The molecule has 2 aromatic rings. The fraction of sp³-hybridized carbons (Fsp3) is 0.438. The Morgan fingerprint density at radius 3 is 2.65 bits per heavy atom.